The van der Waals surface area contributed by atoms with Crippen LogP contribution in [0.15, 0.2) is 139 Å². The van der Waals surface area contributed by atoms with Gasteiger partial charge in [-0.05, 0) is 107 Å². The van der Waals surface area contributed by atoms with Crippen LogP contribution in [0.4, 0.5) is 5.69 Å². The number of carbonyl (C=O) groups excluding carboxylic acids is 6. The van der Waals surface area contributed by atoms with Gasteiger partial charge in [-0.3, -0.25) is 24.4 Å². The van der Waals surface area contributed by atoms with Crippen LogP contribution in [0.1, 0.15) is 69.5 Å². The number of hydrogen-bond acceptors (Lipinski definition) is 12. The number of benzene rings is 4. The standard InChI is InChI=1S/C25H22ClN5O5.C25H21ClN2O4/c1-35-24(33)17-8-6-16(7-9-17)15-31(22(25(34)36-2)14-19-5-3-4-12-28-19)23(32)20-11-10-18(26)13-21(20)29-30-27;1-32-25(31)17-7-5-16(6-8-17)15-28-22(14-20-4-2-3-11-27-20)23(29)13-18-12-19(26)9-10-21(18)24(28)30/h3-13,22H,14-15H2,1-2H3;2-12,22H,13-15H2,1H3/t2*22-/m11/s1. The molecule has 2 atom stereocenters. The Hall–Kier alpha value is -7.91. The highest BCUT2D eigenvalue weighted by Gasteiger charge is 2.36. The molecule has 68 heavy (non-hydrogen) atoms. The van der Waals surface area contributed by atoms with Crippen LogP contribution >= 0.6 is 23.2 Å². The van der Waals surface area contributed by atoms with E-state index in [2.05, 4.69) is 20.0 Å². The number of nitrogens with zero attached hydrogens (tertiary/aromatic N) is 7. The van der Waals surface area contributed by atoms with Crippen molar-refractivity contribution in [3.8, 4) is 0 Å². The molecule has 0 aliphatic carbocycles. The number of carbonyl (C=O) groups is 6. The van der Waals surface area contributed by atoms with Gasteiger partial charge in [-0.25, -0.2) is 14.4 Å². The summed E-state index contributed by atoms with van der Waals surface area (Å²) in [7, 11) is 3.83. The summed E-state index contributed by atoms with van der Waals surface area (Å²) in [4.78, 5) is 91.4. The van der Waals surface area contributed by atoms with Crippen LogP contribution in [0.25, 0.3) is 10.4 Å². The number of methoxy groups -OCH3 is 3. The minimum absolute atomic E-state index is 0.0162. The van der Waals surface area contributed by atoms with E-state index in [1.807, 2.05) is 18.2 Å². The second-order valence-corrected chi connectivity index (χ2v) is 16.0. The predicted molar refractivity (Wildman–Crippen MR) is 251 cm³/mol. The van der Waals surface area contributed by atoms with Crippen LogP contribution in [0.3, 0.4) is 0 Å². The van der Waals surface area contributed by atoms with E-state index < -0.39 is 35.9 Å². The number of halogens is 2. The summed E-state index contributed by atoms with van der Waals surface area (Å²) in [5.74, 6) is -2.48. The fourth-order valence-electron chi connectivity index (χ4n) is 7.41. The lowest BCUT2D eigenvalue weighted by molar-refractivity contribution is -0.146. The molecule has 1 aliphatic rings. The average Bonchev–Trinajstić information content (AvgIpc) is 3.45. The van der Waals surface area contributed by atoms with Gasteiger partial charge in [0, 0.05) is 82.2 Å². The van der Waals surface area contributed by atoms with Gasteiger partial charge in [0.05, 0.1) is 44.2 Å². The Kier molecular flexibility index (Phi) is 17.1. The minimum atomic E-state index is -1.06. The van der Waals surface area contributed by atoms with Crippen molar-refractivity contribution in [2.24, 2.45) is 5.11 Å². The highest BCUT2D eigenvalue weighted by Crippen LogP contribution is 2.29. The zero-order valence-electron chi connectivity index (χ0n) is 37.0. The maximum atomic E-state index is 13.8. The van der Waals surface area contributed by atoms with Crippen LogP contribution in [-0.2, 0) is 56.2 Å². The van der Waals surface area contributed by atoms with E-state index >= 15 is 0 Å². The smallest absolute Gasteiger partial charge is 0.337 e. The third-order valence-electron chi connectivity index (χ3n) is 10.8. The van der Waals surface area contributed by atoms with E-state index in [1.54, 1.807) is 102 Å². The molecule has 4 aromatic carbocycles. The normalized spacial score (nSPS) is 13.3. The highest BCUT2D eigenvalue weighted by atomic mass is 35.5. The summed E-state index contributed by atoms with van der Waals surface area (Å²) in [6.45, 7) is 0.191. The number of fused-ring (bicyclic) bond motifs is 1. The number of aromatic nitrogens is 2. The molecule has 0 radical (unpaired) electrons. The quantitative estimate of drug-likeness (QED) is 0.0331. The Labute approximate surface area is 401 Å². The molecule has 18 heteroatoms. The Morgan fingerprint density at radius 2 is 1.35 bits per heavy atom. The molecule has 16 nitrogen and oxygen atoms in total. The second-order valence-electron chi connectivity index (χ2n) is 15.1. The third kappa shape index (κ3) is 12.5. The molecule has 0 saturated heterocycles. The third-order valence-corrected chi connectivity index (χ3v) is 11.3. The highest BCUT2D eigenvalue weighted by molar-refractivity contribution is 6.31. The zero-order chi connectivity index (χ0) is 48.7. The van der Waals surface area contributed by atoms with E-state index in [4.69, 9.17) is 42.9 Å². The molecule has 6 aromatic rings. The topological polar surface area (TPSA) is 211 Å². The number of pyridine rings is 2. The van der Waals surface area contributed by atoms with Gasteiger partial charge in [-0.1, -0.05) is 64.7 Å². The molecule has 0 saturated carbocycles. The van der Waals surface area contributed by atoms with E-state index in [-0.39, 0.29) is 53.9 Å². The number of rotatable bonds is 14. The average molecular weight is 957 g/mol. The Balaban J connectivity index is 0.000000225. The number of hydrogen-bond donors (Lipinski definition) is 0. The van der Waals surface area contributed by atoms with Crippen LogP contribution in [0.2, 0.25) is 10.0 Å². The van der Waals surface area contributed by atoms with Gasteiger partial charge in [0.2, 0.25) is 0 Å². The van der Waals surface area contributed by atoms with Gasteiger partial charge in [0.25, 0.3) is 11.8 Å². The maximum Gasteiger partial charge on any atom is 0.337 e. The lowest BCUT2D eigenvalue weighted by Crippen LogP contribution is -2.46. The van der Waals surface area contributed by atoms with Crippen LogP contribution < -0.4 is 0 Å². The number of Topliss-reactive ketones (excluding diaryl/α,β-unsaturated/α-hetero) is 1. The fraction of sp³-hybridized carbons (Fsp3) is 0.200. The van der Waals surface area contributed by atoms with Crippen LogP contribution in [0.5, 0.6) is 0 Å². The molecule has 3 heterocycles. The number of azide groups is 1. The van der Waals surface area contributed by atoms with Gasteiger partial charge in [-0.2, -0.15) is 0 Å². The Bertz CT molecular complexity index is 2850. The van der Waals surface area contributed by atoms with Gasteiger partial charge >= 0.3 is 17.9 Å². The van der Waals surface area contributed by atoms with Gasteiger partial charge in [-0.15, -0.1) is 0 Å². The number of amides is 2. The van der Waals surface area contributed by atoms with E-state index in [9.17, 15) is 28.8 Å². The summed E-state index contributed by atoms with van der Waals surface area (Å²) >= 11 is 12.2. The van der Waals surface area contributed by atoms with Crippen LogP contribution in [-0.4, -0.2) is 88.7 Å². The van der Waals surface area contributed by atoms with Gasteiger partial charge in [0.15, 0.2) is 5.78 Å². The second kappa shape index (κ2) is 23.5. The largest absolute Gasteiger partial charge is 0.467 e. The molecule has 2 aromatic heterocycles. The molecule has 2 amide bonds. The van der Waals surface area contributed by atoms with Crippen molar-refractivity contribution in [1.29, 1.82) is 0 Å². The van der Waals surface area contributed by atoms with Crippen LogP contribution in [0, 0.1) is 0 Å². The lowest BCUT2D eigenvalue weighted by Gasteiger charge is -2.30. The minimum Gasteiger partial charge on any atom is -0.467 e. The Morgan fingerprint density at radius 3 is 1.93 bits per heavy atom. The molecular formula is C50H43Cl2N7O9. The number of ketones is 1. The summed E-state index contributed by atoms with van der Waals surface area (Å²) < 4.78 is 14.5. The zero-order valence-corrected chi connectivity index (χ0v) is 38.5. The monoisotopic (exact) mass is 955 g/mol. The first-order valence-electron chi connectivity index (χ1n) is 20.8. The van der Waals surface area contributed by atoms with Crippen molar-refractivity contribution in [2.45, 2.75) is 44.4 Å². The molecule has 1 aliphatic heterocycles. The number of ether oxygens (including phenoxy) is 3. The summed E-state index contributed by atoms with van der Waals surface area (Å²) in [6.07, 6.45) is 3.76. The molecule has 7 rings (SSSR count). The van der Waals surface area contributed by atoms with Crippen molar-refractivity contribution < 1.29 is 43.0 Å². The van der Waals surface area contributed by atoms with E-state index in [0.717, 1.165) is 11.3 Å². The first-order valence-corrected chi connectivity index (χ1v) is 21.6. The molecular weight excluding hydrogens is 913 g/mol. The first kappa shape index (κ1) is 49.5. The van der Waals surface area contributed by atoms with Crippen molar-refractivity contribution in [1.82, 2.24) is 19.8 Å². The molecule has 0 fully saturated rings. The summed E-state index contributed by atoms with van der Waals surface area (Å²) in [5, 5.41) is 4.35. The Morgan fingerprint density at radius 1 is 0.765 bits per heavy atom. The van der Waals surface area contributed by atoms with E-state index in [0.29, 0.717) is 45.0 Å². The lowest BCUT2D eigenvalue weighted by atomic mass is 9.99. The molecule has 0 spiro atoms. The van der Waals surface area contributed by atoms with Gasteiger partial charge in [0.1, 0.15) is 6.04 Å². The maximum absolute atomic E-state index is 13.8. The summed E-state index contributed by atoms with van der Waals surface area (Å²) in [6, 6.07) is 31.5. The SMILES string of the molecule is COC(=O)c1ccc(CN(C(=O)c2ccc(Cl)cc2N=[N+]=[N-])[C@H](Cc2ccccn2)C(=O)OC)cc1.COC(=O)c1ccc(CN2C(=O)c3ccc(Cl)cc3CC(=O)[C@H]2Cc2ccccn2)cc1. The predicted octanol–water partition coefficient (Wildman–Crippen LogP) is 8.79. The van der Waals surface area contributed by atoms with Crippen molar-refractivity contribution in [2.75, 3.05) is 21.3 Å². The molecule has 0 N–H and O–H groups in total. The van der Waals surface area contributed by atoms with Gasteiger partial charge < -0.3 is 24.0 Å². The number of esters is 3. The molecule has 0 unspecified atom stereocenters. The summed E-state index contributed by atoms with van der Waals surface area (Å²) in [5.41, 5.74) is 13.6. The molecule has 0 bridgehead atoms. The fourth-order valence-corrected chi connectivity index (χ4v) is 7.77. The molecule has 346 valence electrons. The van der Waals surface area contributed by atoms with E-state index in [1.165, 1.54) is 44.4 Å². The van der Waals surface area contributed by atoms with Crippen molar-refractivity contribution in [3.05, 3.63) is 205 Å². The van der Waals surface area contributed by atoms with Crippen molar-refractivity contribution in [3.63, 3.8) is 0 Å². The van der Waals surface area contributed by atoms with Crippen molar-refractivity contribution >= 4 is 64.4 Å². The first-order chi connectivity index (χ1) is 32.8.